The number of benzene rings is 2. The third-order valence-electron chi connectivity index (χ3n) is 6.27. The summed E-state index contributed by atoms with van der Waals surface area (Å²) < 4.78 is 76.7. The molecule has 1 saturated heterocycles. The number of aliphatic carboxylic acids is 1. The molecule has 2 fully saturated rings. The van der Waals surface area contributed by atoms with Crippen molar-refractivity contribution in [3.8, 4) is 11.5 Å². The lowest BCUT2D eigenvalue weighted by atomic mass is 9.90. The molecular weight excluding hydrogens is 475 g/mol. The van der Waals surface area contributed by atoms with Crippen molar-refractivity contribution in [3.05, 3.63) is 53.8 Å². The van der Waals surface area contributed by atoms with E-state index in [1.807, 2.05) is 0 Å². The van der Waals surface area contributed by atoms with Crippen LogP contribution in [0.2, 0.25) is 0 Å². The van der Waals surface area contributed by atoms with Gasteiger partial charge in [0.05, 0.1) is 11.5 Å². The number of carbonyl (C=O) groups is 1. The Morgan fingerprint density at radius 1 is 1.18 bits per heavy atom. The normalized spacial score (nSPS) is 23.3. The van der Waals surface area contributed by atoms with E-state index in [0.717, 1.165) is 41.4 Å². The first-order chi connectivity index (χ1) is 16.0. The Morgan fingerprint density at radius 2 is 1.85 bits per heavy atom. The summed E-state index contributed by atoms with van der Waals surface area (Å²) in [6.07, 6.45) is 1.92. The Hall–Kier alpha value is -2.79. The lowest BCUT2D eigenvalue weighted by molar-refractivity contribution is -0.146. The van der Waals surface area contributed by atoms with E-state index in [4.69, 9.17) is 4.74 Å². The summed E-state index contributed by atoms with van der Waals surface area (Å²) in [5, 5.41) is 9.92. The zero-order chi connectivity index (χ0) is 24.7. The Balaban J connectivity index is 1.66. The number of rotatable bonds is 9. The van der Waals surface area contributed by atoms with Gasteiger partial charge in [-0.15, -0.1) is 0 Å². The number of ether oxygens (including phenoxy) is 2. The first kappa shape index (κ1) is 24.3. The lowest BCUT2D eigenvalue weighted by Crippen LogP contribution is -2.50. The van der Waals surface area contributed by atoms with Gasteiger partial charge in [0, 0.05) is 12.5 Å². The maximum atomic E-state index is 13.3. The van der Waals surface area contributed by atoms with Crippen LogP contribution in [0.25, 0.3) is 0 Å². The van der Waals surface area contributed by atoms with Crippen LogP contribution in [0.4, 0.5) is 13.2 Å². The maximum Gasteiger partial charge on any atom is 0.387 e. The highest BCUT2D eigenvalue weighted by molar-refractivity contribution is 7.89. The lowest BCUT2D eigenvalue weighted by Gasteiger charge is -2.30. The molecule has 0 spiro atoms. The van der Waals surface area contributed by atoms with Gasteiger partial charge in [-0.05, 0) is 74.1 Å². The van der Waals surface area contributed by atoms with Gasteiger partial charge in [0.25, 0.3) is 0 Å². The predicted octanol–water partition coefficient (Wildman–Crippen LogP) is 4.24. The van der Waals surface area contributed by atoms with Gasteiger partial charge < -0.3 is 14.6 Å². The summed E-state index contributed by atoms with van der Waals surface area (Å²) in [6.45, 7) is -1.56. The number of halogens is 3. The Morgan fingerprint density at radius 3 is 2.44 bits per heavy atom. The number of carboxylic acid groups (broad SMARTS) is 1. The summed E-state index contributed by atoms with van der Waals surface area (Å²) >= 11 is 0. The molecule has 4 rings (SSSR count). The molecule has 1 unspecified atom stereocenters. The van der Waals surface area contributed by atoms with Crippen molar-refractivity contribution < 1.29 is 41.0 Å². The van der Waals surface area contributed by atoms with Crippen molar-refractivity contribution in [2.45, 2.75) is 49.2 Å². The molecule has 2 aromatic carbocycles. The third-order valence-corrected chi connectivity index (χ3v) is 8.27. The van der Waals surface area contributed by atoms with Gasteiger partial charge in [-0.25, -0.2) is 12.8 Å². The second-order valence-electron chi connectivity index (χ2n) is 8.81. The third kappa shape index (κ3) is 4.85. The van der Waals surface area contributed by atoms with Crippen LogP contribution in [-0.4, -0.2) is 49.1 Å². The van der Waals surface area contributed by atoms with E-state index in [9.17, 15) is 31.5 Å². The van der Waals surface area contributed by atoms with E-state index in [1.165, 1.54) is 25.1 Å². The van der Waals surface area contributed by atoms with Crippen LogP contribution in [0.15, 0.2) is 47.4 Å². The SMILES string of the molecule is C[C@@]1(C(=O)O)CC(c2ccc(OC(F)F)c(OCC3CC3)c2)CN1S(=O)(=O)c1ccc(F)cc1. The number of sulfonamides is 1. The zero-order valence-corrected chi connectivity index (χ0v) is 19.1. The summed E-state index contributed by atoms with van der Waals surface area (Å²) in [4.78, 5) is 11.9. The molecule has 0 radical (unpaired) electrons. The van der Waals surface area contributed by atoms with Gasteiger partial charge in [-0.2, -0.15) is 13.1 Å². The molecule has 1 aliphatic heterocycles. The largest absolute Gasteiger partial charge is 0.489 e. The van der Waals surface area contributed by atoms with Crippen LogP contribution in [0.3, 0.4) is 0 Å². The van der Waals surface area contributed by atoms with Crippen molar-refractivity contribution in [2.24, 2.45) is 5.92 Å². The minimum Gasteiger partial charge on any atom is -0.489 e. The Kier molecular flexibility index (Phi) is 6.52. The maximum absolute atomic E-state index is 13.3. The van der Waals surface area contributed by atoms with Crippen molar-refractivity contribution in [1.29, 1.82) is 0 Å². The number of alkyl halides is 2. The van der Waals surface area contributed by atoms with Crippen LogP contribution >= 0.6 is 0 Å². The summed E-state index contributed by atoms with van der Waals surface area (Å²) in [5.41, 5.74) is -1.23. The molecule has 184 valence electrons. The average molecular weight is 500 g/mol. The monoisotopic (exact) mass is 499 g/mol. The fraction of sp³-hybridized carbons (Fsp3) is 0.435. The van der Waals surface area contributed by atoms with E-state index in [1.54, 1.807) is 0 Å². The molecule has 1 heterocycles. The topological polar surface area (TPSA) is 93.1 Å². The Labute approximate surface area is 195 Å². The predicted molar refractivity (Wildman–Crippen MR) is 115 cm³/mol. The fourth-order valence-electron chi connectivity index (χ4n) is 4.14. The fourth-order valence-corrected chi connectivity index (χ4v) is 5.93. The second kappa shape index (κ2) is 9.10. The van der Waals surface area contributed by atoms with Crippen LogP contribution in [0, 0.1) is 11.7 Å². The number of hydrogen-bond donors (Lipinski definition) is 1. The van der Waals surface area contributed by atoms with E-state index in [0.29, 0.717) is 18.1 Å². The molecule has 34 heavy (non-hydrogen) atoms. The van der Waals surface area contributed by atoms with Crippen LogP contribution in [-0.2, 0) is 14.8 Å². The molecule has 11 heteroatoms. The molecule has 1 aliphatic carbocycles. The highest BCUT2D eigenvalue weighted by Gasteiger charge is 2.53. The van der Waals surface area contributed by atoms with E-state index < -0.39 is 39.9 Å². The van der Waals surface area contributed by atoms with Crippen molar-refractivity contribution >= 4 is 16.0 Å². The molecule has 0 bridgehead atoms. The number of carboxylic acids is 1. The molecule has 1 N–H and O–H groups in total. The quantitative estimate of drug-likeness (QED) is 0.555. The summed E-state index contributed by atoms with van der Waals surface area (Å²) in [7, 11) is -4.27. The average Bonchev–Trinajstić information content (AvgIpc) is 3.53. The molecule has 0 amide bonds. The van der Waals surface area contributed by atoms with Gasteiger partial charge in [0.1, 0.15) is 11.4 Å². The summed E-state index contributed by atoms with van der Waals surface area (Å²) in [6, 6.07) is 8.47. The van der Waals surface area contributed by atoms with Crippen LogP contribution in [0.5, 0.6) is 11.5 Å². The zero-order valence-electron chi connectivity index (χ0n) is 18.3. The number of hydrogen-bond acceptors (Lipinski definition) is 5. The molecule has 2 aromatic rings. The summed E-state index contributed by atoms with van der Waals surface area (Å²) in [5.74, 6) is -2.20. The minimum atomic E-state index is -4.27. The molecule has 2 atom stereocenters. The first-order valence-corrected chi connectivity index (χ1v) is 12.2. The van der Waals surface area contributed by atoms with Crippen LogP contribution < -0.4 is 9.47 Å². The van der Waals surface area contributed by atoms with Crippen molar-refractivity contribution in [2.75, 3.05) is 13.2 Å². The number of nitrogens with zero attached hydrogens (tertiary/aromatic N) is 1. The minimum absolute atomic E-state index is 0.0557. The molecule has 2 aliphatic rings. The standard InChI is InChI=1S/C23H24F3NO6S/c1-23(21(28)29)11-16(12-27(23)34(30,31)18-7-5-17(24)6-8-18)15-4-9-19(33-22(25)26)20(10-15)32-13-14-2-3-14/h4-10,14,16,22H,2-3,11-13H2,1H3,(H,28,29)/t16?,23-/m0/s1. The van der Waals surface area contributed by atoms with Gasteiger partial charge in [-0.3, -0.25) is 4.79 Å². The van der Waals surface area contributed by atoms with E-state index >= 15 is 0 Å². The van der Waals surface area contributed by atoms with Gasteiger partial charge >= 0.3 is 12.6 Å². The molecular formula is C23H24F3NO6S. The van der Waals surface area contributed by atoms with Gasteiger partial charge in [0.15, 0.2) is 11.5 Å². The highest BCUT2D eigenvalue weighted by Crippen LogP contribution is 2.44. The van der Waals surface area contributed by atoms with Crippen molar-refractivity contribution in [1.82, 2.24) is 4.31 Å². The molecule has 1 saturated carbocycles. The van der Waals surface area contributed by atoms with Crippen molar-refractivity contribution in [3.63, 3.8) is 0 Å². The Bertz CT molecular complexity index is 1170. The van der Waals surface area contributed by atoms with Gasteiger partial charge in [0.2, 0.25) is 10.0 Å². The first-order valence-electron chi connectivity index (χ1n) is 10.7. The highest BCUT2D eigenvalue weighted by atomic mass is 32.2. The van der Waals surface area contributed by atoms with Crippen LogP contribution in [0.1, 0.15) is 37.7 Å². The van der Waals surface area contributed by atoms with E-state index in [-0.39, 0.29) is 29.4 Å². The molecule has 7 nitrogen and oxygen atoms in total. The van der Waals surface area contributed by atoms with E-state index in [2.05, 4.69) is 4.74 Å². The van der Waals surface area contributed by atoms with Gasteiger partial charge in [-0.1, -0.05) is 6.07 Å². The molecule has 0 aromatic heterocycles. The second-order valence-corrected chi connectivity index (χ2v) is 10.7. The smallest absolute Gasteiger partial charge is 0.387 e.